The van der Waals surface area contributed by atoms with E-state index in [0.717, 1.165) is 25.9 Å². The summed E-state index contributed by atoms with van der Waals surface area (Å²) in [5.74, 6) is -0.347. The van der Waals surface area contributed by atoms with Crippen molar-refractivity contribution in [3.8, 4) is 11.5 Å². The molecule has 244 valence electrons. The highest BCUT2D eigenvalue weighted by molar-refractivity contribution is 7.93. The van der Waals surface area contributed by atoms with Crippen molar-refractivity contribution in [2.24, 2.45) is 0 Å². The van der Waals surface area contributed by atoms with Crippen molar-refractivity contribution in [3.63, 3.8) is 0 Å². The highest BCUT2D eigenvalue weighted by Gasteiger charge is 2.61. The van der Waals surface area contributed by atoms with Gasteiger partial charge in [0, 0.05) is 44.0 Å². The molecule has 0 radical (unpaired) electrons. The lowest BCUT2D eigenvalue weighted by Gasteiger charge is -2.42. The molecule has 2 fully saturated rings. The van der Waals surface area contributed by atoms with Gasteiger partial charge in [0.25, 0.3) is 15.9 Å². The topological polar surface area (TPSA) is 122 Å². The quantitative estimate of drug-likeness (QED) is 0.359. The normalized spacial score (nSPS) is 21.2. The monoisotopic (exact) mass is 649 g/mol. The van der Waals surface area contributed by atoms with Crippen LogP contribution in [0.3, 0.4) is 0 Å². The Balaban J connectivity index is 1.42. The minimum absolute atomic E-state index is 0.0302. The zero-order valence-corrected chi connectivity index (χ0v) is 27.1. The van der Waals surface area contributed by atoms with Gasteiger partial charge in [0.2, 0.25) is 5.60 Å². The number of fused-ring (bicyclic) bond motifs is 1. The molecule has 0 saturated carbocycles. The summed E-state index contributed by atoms with van der Waals surface area (Å²) >= 11 is 0. The van der Waals surface area contributed by atoms with Gasteiger partial charge in [0.15, 0.2) is 5.03 Å². The molecule has 2 amide bonds. The molecule has 0 bridgehead atoms. The number of hydrogen-bond donors (Lipinski definition) is 0. The molecule has 2 aromatic carbocycles. The van der Waals surface area contributed by atoms with Crippen LogP contribution in [0.2, 0.25) is 0 Å². The number of para-hydroxylation sites is 1. The Labute approximate surface area is 269 Å². The second kappa shape index (κ2) is 12.9. The van der Waals surface area contributed by atoms with Gasteiger partial charge in [-0.25, -0.2) is 9.78 Å². The first kappa shape index (κ1) is 31.8. The molecule has 2 saturated heterocycles. The van der Waals surface area contributed by atoms with Crippen LogP contribution in [0.25, 0.3) is 0 Å². The molecule has 0 N–H and O–H groups in total. The highest BCUT2D eigenvalue weighted by Crippen LogP contribution is 2.52. The Morgan fingerprint density at radius 3 is 2.35 bits per heavy atom. The minimum atomic E-state index is -4.53. The van der Waals surface area contributed by atoms with Crippen molar-refractivity contribution in [2.75, 3.05) is 64.3 Å². The number of ether oxygens (including phenoxy) is 3. The van der Waals surface area contributed by atoms with Crippen LogP contribution in [-0.2, 0) is 25.2 Å². The molecule has 46 heavy (non-hydrogen) atoms. The van der Waals surface area contributed by atoms with Gasteiger partial charge < -0.3 is 24.0 Å². The van der Waals surface area contributed by atoms with Crippen LogP contribution < -0.4 is 13.8 Å². The molecule has 3 aliphatic rings. The molecular weight excluding hydrogens is 610 g/mol. The fraction of sp³-hybridized carbons (Fsp3) is 0.424. The number of rotatable bonds is 8. The third-order valence-electron chi connectivity index (χ3n) is 9.01. The zero-order valence-electron chi connectivity index (χ0n) is 26.3. The summed E-state index contributed by atoms with van der Waals surface area (Å²) in [4.78, 5) is 39.4. The summed E-state index contributed by atoms with van der Waals surface area (Å²) in [5.41, 5.74) is -1.84. The zero-order chi connectivity index (χ0) is 32.5. The van der Waals surface area contributed by atoms with Crippen molar-refractivity contribution in [3.05, 3.63) is 78.0 Å². The van der Waals surface area contributed by atoms with Crippen LogP contribution >= 0.6 is 0 Å². The Morgan fingerprint density at radius 1 is 0.957 bits per heavy atom. The average Bonchev–Trinajstić information content (AvgIpc) is 3.33. The first-order valence-electron chi connectivity index (χ1n) is 15.5. The Bertz CT molecular complexity index is 1690. The van der Waals surface area contributed by atoms with Gasteiger partial charge in [0.05, 0.1) is 25.0 Å². The lowest BCUT2D eigenvalue weighted by Crippen LogP contribution is -2.55. The van der Waals surface area contributed by atoms with Gasteiger partial charge in [-0.05, 0) is 76.3 Å². The summed E-state index contributed by atoms with van der Waals surface area (Å²) < 4.78 is 46.7. The van der Waals surface area contributed by atoms with Gasteiger partial charge in [0.1, 0.15) is 11.5 Å². The second-order valence-corrected chi connectivity index (χ2v) is 13.4. The summed E-state index contributed by atoms with van der Waals surface area (Å²) in [6, 6.07) is 16.2. The number of benzene rings is 2. The number of methoxy groups -OCH3 is 1. The largest absolute Gasteiger partial charge is 0.497 e. The van der Waals surface area contributed by atoms with Crippen LogP contribution in [0.15, 0.2) is 71.9 Å². The molecule has 12 nitrogen and oxygen atoms in total. The third-order valence-corrected chi connectivity index (χ3v) is 10.6. The molecule has 0 spiro atoms. The van der Waals surface area contributed by atoms with E-state index in [0.29, 0.717) is 42.3 Å². The summed E-state index contributed by atoms with van der Waals surface area (Å²) in [6.45, 7) is 6.29. The molecule has 1 atom stereocenters. The minimum Gasteiger partial charge on any atom is -0.497 e. The van der Waals surface area contributed by atoms with E-state index in [1.54, 1.807) is 48.2 Å². The number of hydrogen-bond acceptors (Lipinski definition) is 10. The number of carbonyl (C=O) groups is 2. The number of sulfonamides is 1. The molecule has 1 aromatic heterocycles. The SMILES string of the molecule is CCOc1ccccc1C1(OC(=O)N2CCN(C3CCN(C)CC3)CC2)C(=O)N(S(=O)(=O)c2ccccn2)c2ccc(OC)cc21. The summed E-state index contributed by atoms with van der Waals surface area (Å²) in [7, 11) is -0.939. The molecule has 3 aromatic rings. The van der Waals surface area contributed by atoms with Crippen LogP contribution in [0.1, 0.15) is 30.9 Å². The van der Waals surface area contributed by atoms with Crippen LogP contribution in [0, 0.1) is 0 Å². The fourth-order valence-corrected chi connectivity index (χ4v) is 7.98. The average molecular weight is 650 g/mol. The molecule has 3 aliphatic heterocycles. The van der Waals surface area contributed by atoms with E-state index < -0.39 is 27.6 Å². The molecule has 13 heteroatoms. The Morgan fingerprint density at radius 2 is 1.67 bits per heavy atom. The van der Waals surface area contributed by atoms with Crippen molar-refractivity contribution in [1.29, 1.82) is 0 Å². The smallest absolute Gasteiger partial charge is 0.411 e. The number of pyridine rings is 1. The number of likely N-dealkylation sites (tertiary alicyclic amines) is 1. The van der Waals surface area contributed by atoms with E-state index in [9.17, 15) is 18.0 Å². The first-order valence-corrected chi connectivity index (χ1v) is 17.0. The summed E-state index contributed by atoms with van der Waals surface area (Å²) in [6.07, 6.45) is 2.76. The maximum absolute atomic E-state index is 14.9. The Hall–Kier alpha value is -4.20. The van der Waals surface area contributed by atoms with Gasteiger partial charge >= 0.3 is 6.09 Å². The van der Waals surface area contributed by atoms with E-state index in [1.165, 1.54) is 37.6 Å². The molecule has 4 heterocycles. The number of piperazine rings is 1. The number of nitrogens with zero attached hydrogens (tertiary/aromatic N) is 5. The van der Waals surface area contributed by atoms with E-state index in [4.69, 9.17) is 14.2 Å². The summed E-state index contributed by atoms with van der Waals surface area (Å²) in [5, 5.41) is -0.324. The van der Waals surface area contributed by atoms with Crippen molar-refractivity contribution in [2.45, 2.75) is 36.4 Å². The van der Waals surface area contributed by atoms with E-state index in [1.807, 2.05) is 0 Å². The number of piperidine rings is 1. The number of amides is 2. The number of aromatic nitrogens is 1. The van der Waals surface area contributed by atoms with Gasteiger partial charge in [-0.1, -0.05) is 24.3 Å². The van der Waals surface area contributed by atoms with Crippen LogP contribution in [-0.4, -0.2) is 106 Å². The van der Waals surface area contributed by atoms with E-state index >= 15 is 0 Å². The van der Waals surface area contributed by atoms with Gasteiger partial charge in [-0.15, -0.1) is 0 Å². The van der Waals surface area contributed by atoms with E-state index in [2.05, 4.69) is 21.8 Å². The van der Waals surface area contributed by atoms with Crippen LogP contribution in [0.5, 0.6) is 11.5 Å². The second-order valence-electron chi connectivity index (χ2n) is 11.7. The van der Waals surface area contributed by atoms with Gasteiger partial charge in [-0.2, -0.15) is 12.7 Å². The first-order chi connectivity index (χ1) is 22.2. The lowest BCUT2D eigenvalue weighted by molar-refractivity contribution is -0.132. The van der Waals surface area contributed by atoms with Crippen LogP contribution in [0.4, 0.5) is 10.5 Å². The third kappa shape index (κ3) is 5.56. The molecule has 1 unspecified atom stereocenters. The lowest BCUT2D eigenvalue weighted by atomic mass is 9.86. The van der Waals surface area contributed by atoms with Crippen molar-refractivity contribution in [1.82, 2.24) is 19.7 Å². The molecule has 6 rings (SSSR count). The van der Waals surface area contributed by atoms with Gasteiger partial charge in [-0.3, -0.25) is 9.69 Å². The predicted molar refractivity (Wildman–Crippen MR) is 170 cm³/mol. The number of anilines is 1. The van der Waals surface area contributed by atoms with Crippen molar-refractivity contribution >= 4 is 27.7 Å². The Kier molecular flexibility index (Phi) is 8.90. The standard InChI is InChI=1S/C33H39N5O7S/c1-4-44-29-10-6-5-9-26(29)33(45-32(40)37-21-19-36(20-22-37)24-14-17-35(2)18-15-24)27-23-25(43-3)12-13-28(27)38(31(33)39)46(41,42)30-11-7-8-16-34-30/h5-13,16,23-24H,4,14-15,17-22H2,1-3H3. The molecular formula is C33H39N5O7S. The molecule has 0 aliphatic carbocycles. The fourth-order valence-electron chi connectivity index (χ4n) is 6.58. The maximum Gasteiger partial charge on any atom is 0.411 e. The maximum atomic E-state index is 14.9. The van der Waals surface area contributed by atoms with Crippen molar-refractivity contribution < 1.29 is 32.2 Å². The highest BCUT2D eigenvalue weighted by atomic mass is 32.2. The predicted octanol–water partition coefficient (Wildman–Crippen LogP) is 3.32. The van der Waals surface area contributed by atoms with E-state index in [-0.39, 0.29) is 34.2 Å². The number of carbonyl (C=O) groups excluding carboxylic acids is 2.